The SMILES string of the molecule is CC1(C)Oc2ccncc2[C@H](NC(=O)c2ccc(F)cc2)[C@H]1O. The third-order valence-electron chi connectivity index (χ3n) is 3.94. The molecule has 0 spiro atoms. The van der Waals surface area contributed by atoms with Crippen LogP contribution in [-0.2, 0) is 0 Å². The number of aliphatic hydroxyl groups is 1. The number of amides is 1. The summed E-state index contributed by atoms with van der Waals surface area (Å²) in [7, 11) is 0. The first-order valence-electron chi connectivity index (χ1n) is 7.26. The Morgan fingerprint density at radius 2 is 2.00 bits per heavy atom. The van der Waals surface area contributed by atoms with Gasteiger partial charge in [0.2, 0.25) is 0 Å². The maximum Gasteiger partial charge on any atom is 0.251 e. The van der Waals surface area contributed by atoms with Gasteiger partial charge >= 0.3 is 0 Å². The lowest BCUT2D eigenvalue weighted by Gasteiger charge is -2.42. The minimum atomic E-state index is -0.955. The molecule has 0 aliphatic carbocycles. The van der Waals surface area contributed by atoms with Crippen molar-refractivity contribution in [3.63, 3.8) is 0 Å². The highest BCUT2D eigenvalue weighted by molar-refractivity contribution is 5.94. The van der Waals surface area contributed by atoms with Gasteiger partial charge < -0.3 is 15.2 Å². The Morgan fingerprint density at radius 3 is 2.70 bits per heavy atom. The minimum absolute atomic E-state index is 0.313. The van der Waals surface area contributed by atoms with E-state index in [2.05, 4.69) is 10.3 Å². The zero-order chi connectivity index (χ0) is 16.6. The highest BCUT2D eigenvalue weighted by Gasteiger charge is 2.43. The van der Waals surface area contributed by atoms with Crippen molar-refractivity contribution >= 4 is 5.91 Å². The summed E-state index contributed by atoms with van der Waals surface area (Å²) < 4.78 is 18.7. The predicted molar refractivity (Wildman–Crippen MR) is 81.6 cm³/mol. The second kappa shape index (κ2) is 5.62. The third-order valence-corrected chi connectivity index (χ3v) is 3.94. The number of ether oxygens (including phenoxy) is 1. The number of hydrogen-bond donors (Lipinski definition) is 2. The molecule has 1 aliphatic heterocycles. The van der Waals surface area contributed by atoms with E-state index in [0.717, 1.165) is 0 Å². The van der Waals surface area contributed by atoms with E-state index in [0.29, 0.717) is 16.9 Å². The number of fused-ring (bicyclic) bond motifs is 1. The summed E-state index contributed by atoms with van der Waals surface area (Å²) in [4.78, 5) is 16.4. The lowest BCUT2D eigenvalue weighted by atomic mass is 9.87. The summed E-state index contributed by atoms with van der Waals surface area (Å²) in [5, 5.41) is 13.3. The van der Waals surface area contributed by atoms with Gasteiger partial charge in [-0.05, 0) is 44.2 Å². The average molecular weight is 316 g/mol. The first-order chi connectivity index (χ1) is 10.9. The van der Waals surface area contributed by atoms with E-state index in [1.165, 1.54) is 24.3 Å². The van der Waals surface area contributed by atoms with E-state index in [-0.39, 0.29) is 0 Å². The number of aliphatic hydroxyl groups excluding tert-OH is 1. The van der Waals surface area contributed by atoms with Gasteiger partial charge in [0, 0.05) is 23.5 Å². The van der Waals surface area contributed by atoms with Crippen molar-refractivity contribution < 1.29 is 19.0 Å². The van der Waals surface area contributed by atoms with Crippen molar-refractivity contribution in [3.8, 4) is 5.75 Å². The molecular formula is C17H17FN2O3. The van der Waals surface area contributed by atoms with E-state index in [1.54, 1.807) is 32.3 Å². The monoisotopic (exact) mass is 316 g/mol. The lowest BCUT2D eigenvalue weighted by Crippen LogP contribution is -2.53. The number of pyridine rings is 1. The van der Waals surface area contributed by atoms with Gasteiger partial charge in [-0.25, -0.2) is 4.39 Å². The molecule has 5 nitrogen and oxygen atoms in total. The Bertz CT molecular complexity index is 731. The zero-order valence-corrected chi connectivity index (χ0v) is 12.8. The fourth-order valence-electron chi connectivity index (χ4n) is 2.62. The van der Waals surface area contributed by atoms with Crippen molar-refractivity contribution in [1.82, 2.24) is 10.3 Å². The summed E-state index contributed by atoms with van der Waals surface area (Å²) in [5.41, 5.74) is 0.0536. The molecular weight excluding hydrogens is 299 g/mol. The second-order valence-electron chi connectivity index (χ2n) is 6.02. The fraction of sp³-hybridized carbons (Fsp3) is 0.294. The Kier molecular flexibility index (Phi) is 3.77. The molecule has 23 heavy (non-hydrogen) atoms. The van der Waals surface area contributed by atoms with Gasteiger partial charge in [0.1, 0.15) is 23.3 Å². The minimum Gasteiger partial charge on any atom is -0.485 e. The predicted octanol–water partition coefficient (Wildman–Crippen LogP) is 2.22. The number of nitrogens with one attached hydrogen (secondary N) is 1. The molecule has 0 saturated carbocycles. The molecule has 6 heteroatoms. The molecule has 0 fully saturated rings. The standard InChI is InChI=1S/C17H17FN2O3/c1-17(2)15(21)14(12-9-19-8-7-13(12)23-17)20-16(22)10-3-5-11(18)6-4-10/h3-9,14-15,21H,1-2H3,(H,20,22)/t14-,15+/m0/s1. The third kappa shape index (κ3) is 2.90. The normalized spacial score (nSPS) is 21.9. The zero-order valence-electron chi connectivity index (χ0n) is 12.8. The molecule has 2 heterocycles. The maximum atomic E-state index is 13.0. The highest BCUT2D eigenvalue weighted by atomic mass is 19.1. The van der Waals surface area contributed by atoms with E-state index in [9.17, 15) is 14.3 Å². The van der Waals surface area contributed by atoms with E-state index < -0.39 is 29.5 Å². The first kappa shape index (κ1) is 15.4. The van der Waals surface area contributed by atoms with Gasteiger partial charge in [-0.1, -0.05) is 0 Å². The summed E-state index contributed by atoms with van der Waals surface area (Å²) in [6.07, 6.45) is 2.19. The van der Waals surface area contributed by atoms with Crippen LogP contribution in [0, 0.1) is 5.82 Å². The van der Waals surface area contributed by atoms with E-state index in [1.807, 2.05) is 0 Å². The van der Waals surface area contributed by atoms with Crippen molar-refractivity contribution in [2.24, 2.45) is 0 Å². The summed E-state index contributed by atoms with van der Waals surface area (Å²) in [6, 6.07) is 6.25. The molecule has 2 atom stereocenters. The van der Waals surface area contributed by atoms with Crippen LogP contribution in [0.4, 0.5) is 4.39 Å². The van der Waals surface area contributed by atoms with Crippen LogP contribution in [-0.4, -0.2) is 27.7 Å². The number of nitrogens with zero attached hydrogens (tertiary/aromatic N) is 1. The van der Waals surface area contributed by atoms with Crippen LogP contribution in [0.15, 0.2) is 42.7 Å². The van der Waals surface area contributed by atoms with Crippen LogP contribution in [0.5, 0.6) is 5.75 Å². The topological polar surface area (TPSA) is 71.5 Å². The van der Waals surface area contributed by atoms with E-state index in [4.69, 9.17) is 4.74 Å². The largest absolute Gasteiger partial charge is 0.485 e. The summed E-state index contributed by atoms with van der Waals surface area (Å²) >= 11 is 0. The molecule has 1 aromatic heterocycles. The molecule has 2 N–H and O–H groups in total. The molecule has 1 amide bonds. The van der Waals surface area contributed by atoms with Gasteiger partial charge in [-0.15, -0.1) is 0 Å². The molecule has 0 radical (unpaired) electrons. The number of carbonyl (C=O) groups is 1. The molecule has 0 bridgehead atoms. The highest BCUT2D eigenvalue weighted by Crippen LogP contribution is 2.39. The number of rotatable bonds is 2. The van der Waals surface area contributed by atoms with Crippen molar-refractivity contribution in [2.75, 3.05) is 0 Å². The van der Waals surface area contributed by atoms with Gasteiger partial charge in [-0.3, -0.25) is 9.78 Å². The maximum absolute atomic E-state index is 13.0. The Labute approximate surface area is 133 Å². The van der Waals surface area contributed by atoms with Crippen LogP contribution in [0.1, 0.15) is 35.8 Å². The molecule has 0 unspecified atom stereocenters. The number of carbonyl (C=O) groups excluding carboxylic acids is 1. The van der Waals surface area contributed by atoms with Gasteiger partial charge in [0.15, 0.2) is 0 Å². The van der Waals surface area contributed by atoms with Gasteiger partial charge in [0.05, 0.1) is 6.04 Å². The van der Waals surface area contributed by atoms with Crippen molar-refractivity contribution in [3.05, 3.63) is 59.7 Å². The quantitative estimate of drug-likeness (QED) is 0.891. The molecule has 1 aromatic carbocycles. The number of aromatic nitrogens is 1. The van der Waals surface area contributed by atoms with Gasteiger partial charge in [0.25, 0.3) is 5.91 Å². The molecule has 2 aromatic rings. The Morgan fingerprint density at radius 1 is 1.30 bits per heavy atom. The Hall–Kier alpha value is -2.47. The second-order valence-corrected chi connectivity index (χ2v) is 6.02. The van der Waals surface area contributed by atoms with Crippen molar-refractivity contribution in [1.29, 1.82) is 0 Å². The molecule has 3 rings (SSSR count). The van der Waals surface area contributed by atoms with Crippen LogP contribution < -0.4 is 10.1 Å². The number of benzene rings is 1. The van der Waals surface area contributed by atoms with Gasteiger partial charge in [-0.2, -0.15) is 0 Å². The number of halogens is 1. The lowest BCUT2D eigenvalue weighted by molar-refractivity contribution is -0.0629. The Balaban J connectivity index is 1.91. The molecule has 1 aliphatic rings. The van der Waals surface area contributed by atoms with Crippen LogP contribution in [0.3, 0.4) is 0 Å². The fourth-order valence-corrected chi connectivity index (χ4v) is 2.62. The first-order valence-corrected chi connectivity index (χ1v) is 7.26. The summed E-state index contributed by atoms with van der Waals surface area (Å²) in [5.74, 6) is -0.246. The van der Waals surface area contributed by atoms with Crippen LogP contribution in [0.2, 0.25) is 0 Å². The molecule has 0 saturated heterocycles. The van der Waals surface area contributed by atoms with Crippen molar-refractivity contribution in [2.45, 2.75) is 31.6 Å². The number of hydrogen-bond acceptors (Lipinski definition) is 4. The average Bonchev–Trinajstić information content (AvgIpc) is 2.52. The summed E-state index contributed by atoms with van der Waals surface area (Å²) in [6.45, 7) is 3.50. The van der Waals surface area contributed by atoms with Crippen LogP contribution >= 0.6 is 0 Å². The van der Waals surface area contributed by atoms with E-state index >= 15 is 0 Å². The smallest absolute Gasteiger partial charge is 0.251 e. The van der Waals surface area contributed by atoms with Crippen LogP contribution in [0.25, 0.3) is 0 Å². The molecule has 120 valence electrons.